The molecule has 6 nitrogen and oxygen atoms in total. The first kappa shape index (κ1) is 19.4. The minimum absolute atomic E-state index is 0.0870. The molecule has 25 heavy (non-hydrogen) atoms. The van der Waals surface area contributed by atoms with Crippen LogP contribution in [-0.2, 0) is 22.7 Å². The van der Waals surface area contributed by atoms with Crippen LogP contribution in [0, 0.1) is 6.92 Å². The first-order valence-electron chi connectivity index (χ1n) is 6.92. The van der Waals surface area contributed by atoms with Gasteiger partial charge in [-0.05, 0) is 31.2 Å². The average molecular weight is 396 g/mol. The fraction of sp³-hybridized carbons (Fsp3) is 0.286. The summed E-state index contributed by atoms with van der Waals surface area (Å²) in [5, 5.41) is 3.58. The van der Waals surface area contributed by atoms with E-state index in [2.05, 4.69) is 9.82 Å². The molecule has 0 unspecified atom stereocenters. The van der Waals surface area contributed by atoms with E-state index in [0.717, 1.165) is 10.7 Å². The molecule has 0 fully saturated rings. The summed E-state index contributed by atoms with van der Waals surface area (Å²) in [6.45, 7) is 1.32. The summed E-state index contributed by atoms with van der Waals surface area (Å²) in [6.07, 6.45) is -4.70. The van der Waals surface area contributed by atoms with Crippen molar-refractivity contribution in [2.45, 2.75) is 24.5 Å². The number of nitrogens with zero attached hydrogens (tertiary/aromatic N) is 2. The molecule has 11 heteroatoms. The maximum Gasteiger partial charge on any atom is 0.416 e. The zero-order chi connectivity index (χ0) is 18.8. The molecule has 0 aliphatic rings. The standard InChI is InChI=1S/C14H13ClF3N3O3S/c1-9-2-5-13(22)21(20-9)7-6-19-25(23,24)12-8-10(14(16,17)18)3-4-11(12)15/h2-5,8,19H,6-7H2,1H3. The molecule has 136 valence electrons. The molecular formula is C14H13ClF3N3O3S. The number of benzene rings is 1. The quantitative estimate of drug-likeness (QED) is 0.841. The minimum atomic E-state index is -4.70. The Kier molecular flexibility index (Phi) is 5.55. The van der Waals surface area contributed by atoms with Gasteiger partial charge in [0.05, 0.1) is 22.8 Å². The van der Waals surface area contributed by atoms with E-state index in [0.29, 0.717) is 17.8 Å². The molecule has 2 rings (SSSR count). The normalized spacial score (nSPS) is 12.4. The van der Waals surface area contributed by atoms with Crippen LogP contribution in [0.2, 0.25) is 5.02 Å². The summed E-state index contributed by atoms with van der Waals surface area (Å²) in [7, 11) is -4.29. The lowest BCUT2D eigenvalue weighted by molar-refractivity contribution is -0.137. The van der Waals surface area contributed by atoms with Crippen LogP contribution in [-0.4, -0.2) is 24.7 Å². The lowest BCUT2D eigenvalue weighted by atomic mass is 10.2. The Hall–Kier alpha value is -1.91. The zero-order valence-corrected chi connectivity index (χ0v) is 14.4. The van der Waals surface area contributed by atoms with Crippen LogP contribution < -0.4 is 10.3 Å². The molecule has 0 saturated heterocycles. The van der Waals surface area contributed by atoms with E-state index in [4.69, 9.17) is 11.6 Å². The predicted octanol–water partition coefficient (Wildman–Crippen LogP) is 2.20. The highest BCUT2D eigenvalue weighted by atomic mass is 35.5. The molecule has 1 aromatic carbocycles. The highest BCUT2D eigenvalue weighted by Gasteiger charge is 2.32. The second kappa shape index (κ2) is 7.14. The van der Waals surface area contributed by atoms with Gasteiger partial charge in [0.15, 0.2) is 0 Å². The number of sulfonamides is 1. The smallest absolute Gasteiger partial charge is 0.268 e. The number of hydrogen-bond donors (Lipinski definition) is 1. The molecule has 1 aromatic heterocycles. The number of nitrogens with one attached hydrogen (secondary N) is 1. The van der Waals surface area contributed by atoms with Crippen molar-refractivity contribution in [3.63, 3.8) is 0 Å². The molecule has 2 aromatic rings. The predicted molar refractivity (Wildman–Crippen MR) is 84.9 cm³/mol. The fourth-order valence-electron chi connectivity index (χ4n) is 1.96. The molecule has 0 aliphatic carbocycles. The summed E-state index contributed by atoms with van der Waals surface area (Å²) in [5.41, 5.74) is -1.00. The van der Waals surface area contributed by atoms with Gasteiger partial charge < -0.3 is 0 Å². The van der Waals surface area contributed by atoms with Crippen molar-refractivity contribution in [2.75, 3.05) is 6.54 Å². The maximum atomic E-state index is 12.7. The van der Waals surface area contributed by atoms with Gasteiger partial charge in [0.1, 0.15) is 4.90 Å². The topological polar surface area (TPSA) is 81.1 Å². The number of aromatic nitrogens is 2. The van der Waals surface area contributed by atoms with Crippen LogP contribution in [0.1, 0.15) is 11.3 Å². The molecule has 0 aliphatic heterocycles. The summed E-state index contributed by atoms with van der Waals surface area (Å²) in [4.78, 5) is 10.9. The van der Waals surface area contributed by atoms with Crippen molar-refractivity contribution in [1.29, 1.82) is 0 Å². The number of alkyl halides is 3. The van der Waals surface area contributed by atoms with Gasteiger partial charge in [-0.15, -0.1) is 0 Å². The first-order chi connectivity index (χ1) is 11.5. The summed E-state index contributed by atoms with van der Waals surface area (Å²) >= 11 is 5.72. The van der Waals surface area contributed by atoms with Crippen molar-refractivity contribution in [3.05, 3.63) is 57.0 Å². The van der Waals surface area contributed by atoms with E-state index in [-0.39, 0.29) is 18.1 Å². The monoisotopic (exact) mass is 395 g/mol. The second-order valence-electron chi connectivity index (χ2n) is 5.08. The van der Waals surface area contributed by atoms with Gasteiger partial charge in [-0.25, -0.2) is 17.8 Å². The van der Waals surface area contributed by atoms with Crippen LogP contribution in [0.5, 0.6) is 0 Å². The highest BCUT2D eigenvalue weighted by Crippen LogP contribution is 2.33. The maximum absolute atomic E-state index is 12.7. The Bertz CT molecular complexity index is 942. The zero-order valence-electron chi connectivity index (χ0n) is 12.8. The third-order valence-electron chi connectivity index (χ3n) is 3.16. The van der Waals surface area contributed by atoms with Crippen molar-refractivity contribution in [2.24, 2.45) is 0 Å². The van der Waals surface area contributed by atoms with E-state index in [1.807, 2.05) is 0 Å². The number of halogens is 4. The summed E-state index contributed by atoms with van der Waals surface area (Å²) < 4.78 is 65.8. The van der Waals surface area contributed by atoms with Crippen LogP contribution in [0.4, 0.5) is 13.2 Å². The molecule has 0 spiro atoms. The van der Waals surface area contributed by atoms with Gasteiger partial charge in [-0.1, -0.05) is 11.6 Å². The Morgan fingerprint density at radius 2 is 1.92 bits per heavy atom. The summed E-state index contributed by atoms with van der Waals surface area (Å²) in [5.74, 6) is 0. The first-order valence-corrected chi connectivity index (χ1v) is 8.78. The van der Waals surface area contributed by atoms with Gasteiger partial charge in [-0.3, -0.25) is 4.79 Å². The van der Waals surface area contributed by atoms with Crippen molar-refractivity contribution in [1.82, 2.24) is 14.5 Å². The van der Waals surface area contributed by atoms with Crippen molar-refractivity contribution < 1.29 is 21.6 Å². The molecule has 0 bridgehead atoms. The third-order valence-corrected chi connectivity index (χ3v) is 5.11. The number of rotatable bonds is 5. The van der Waals surface area contributed by atoms with Gasteiger partial charge in [-0.2, -0.15) is 18.3 Å². The lowest BCUT2D eigenvalue weighted by Crippen LogP contribution is -2.32. The Balaban J connectivity index is 2.19. The minimum Gasteiger partial charge on any atom is -0.268 e. The van der Waals surface area contributed by atoms with Gasteiger partial charge >= 0.3 is 6.18 Å². The highest BCUT2D eigenvalue weighted by molar-refractivity contribution is 7.89. The SMILES string of the molecule is Cc1ccc(=O)n(CCNS(=O)(=O)c2cc(C(F)(F)F)ccc2Cl)n1. The van der Waals surface area contributed by atoms with Crippen LogP contribution in [0.25, 0.3) is 0 Å². The van der Waals surface area contributed by atoms with E-state index in [1.54, 1.807) is 6.92 Å². The fourth-order valence-corrected chi connectivity index (χ4v) is 3.51. The largest absolute Gasteiger partial charge is 0.416 e. The van der Waals surface area contributed by atoms with E-state index < -0.39 is 32.2 Å². The Morgan fingerprint density at radius 1 is 1.24 bits per heavy atom. The van der Waals surface area contributed by atoms with Crippen LogP contribution in [0.15, 0.2) is 40.0 Å². The molecule has 0 saturated carbocycles. The molecule has 1 heterocycles. The summed E-state index contributed by atoms with van der Waals surface area (Å²) in [6, 6.07) is 4.80. The Morgan fingerprint density at radius 3 is 2.56 bits per heavy atom. The lowest BCUT2D eigenvalue weighted by Gasteiger charge is -2.12. The van der Waals surface area contributed by atoms with Crippen molar-refractivity contribution in [3.8, 4) is 0 Å². The number of aryl methyl sites for hydroxylation is 1. The molecule has 1 N–H and O–H groups in total. The van der Waals surface area contributed by atoms with Crippen LogP contribution in [0.3, 0.4) is 0 Å². The Labute approximate surface area is 146 Å². The second-order valence-corrected chi connectivity index (χ2v) is 7.22. The van der Waals surface area contributed by atoms with Crippen LogP contribution >= 0.6 is 11.6 Å². The molecular weight excluding hydrogens is 383 g/mol. The molecule has 0 radical (unpaired) electrons. The van der Waals surface area contributed by atoms with E-state index in [9.17, 15) is 26.4 Å². The molecule has 0 atom stereocenters. The van der Waals surface area contributed by atoms with Crippen molar-refractivity contribution >= 4 is 21.6 Å². The van der Waals surface area contributed by atoms with Gasteiger partial charge in [0.2, 0.25) is 10.0 Å². The number of hydrogen-bond acceptors (Lipinski definition) is 4. The van der Waals surface area contributed by atoms with Gasteiger partial charge in [0, 0.05) is 12.6 Å². The third kappa shape index (κ3) is 4.80. The van der Waals surface area contributed by atoms with Gasteiger partial charge in [0.25, 0.3) is 5.56 Å². The average Bonchev–Trinajstić information content (AvgIpc) is 2.49. The molecule has 0 amide bonds. The van der Waals surface area contributed by atoms with E-state index >= 15 is 0 Å². The van der Waals surface area contributed by atoms with E-state index in [1.165, 1.54) is 12.1 Å².